The Balaban J connectivity index is 2.03. The molecule has 1 fully saturated rings. The molecule has 2 N–H and O–H groups in total. The SMILES string of the molecule is COc1ccc(C(=O)O[C@H]2CC(C)=C[C@H](OC(C)=O)[C@]3(C)[C@@H]2[C@](O)(C(C)C)C[C@@H]3O)cc1. The molecule has 0 aromatic heterocycles. The largest absolute Gasteiger partial charge is 0.497 e. The zero-order chi connectivity index (χ0) is 23.8. The minimum absolute atomic E-state index is 0.104. The van der Waals surface area contributed by atoms with Gasteiger partial charge in [-0.3, -0.25) is 4.79 Å². The fraction of sp³-hybridized carbons (Fsp3) is 0.600. The topological polar surface area (TPSA) is 102 Å². The van der Waals surface area contributed by atoms with Crippen molar-refractivity contribution in [3.05, 3.63) is 41.5 Å². The standard InChI is InChI=1S/C25H34O7/c1-14(2)25(29)13-20(27)24(5)21(31-16(4)26)12-15(3)11-19(22(24)25)32-23(28)17-7-9-18(30-6)10-8-17/h7-10,12,14,19-22,27,29H,11,13H2,1-6H3/t19-,20-,21-,22+,24+,25+/m0/s1. The lowest BCUT2D eigenvalue weighted by molar-refractivity contribution is -0.166. The number of rotatable bonds is 5. The van der Waals surface area contributed by atoms with E-state index >= 15 is 0 Å². The summed E-state index contributed by atoms with van der Waals surface area (Å²) in [6, 6.07) is 6.61. The van der Waals surface area contributed by atoms with Gasteiger partial charge in [-0.2, -0.15) is 0 Å². The molecular weight excluding hydrogens is 412 g/mol. The fourth-order valence-electron chi connectivity index (χ4n) is 5.41. The number of benzene rings is 1. The number of fused-ring (bicyclic) bond motifs is 1. The summed E-state index contributed by atoms with van der Waals surface area (Å²) in [6.45, 7) is 8.76. The van der Waals surface area contributed by atoms with E-state index in [-0.39, 0.29) is 12.3 Å². The van der Waals surface area contributed by atoms with Gasteiger partial charge in [-0.05, 0) is 43.2 Å². The fourth-order valence-corrected chi connectivity index (χ4v) is 5.41. The zero-order valence-electron chi connectivity index (χ0n) is 19.6. The molecule has 0 spiro atoms. The first-order chi connectivity index (χ1) is 14.9. The lowest BCUT2D eigenvalue weighted by Gasteiger charge is -2.45. The summed E-state index contributed by atoms with van der Waals surface area (Å²) in [5, 5.41) is 22.9. The number of ether oxygens (including phenoxy) is 3. The van der Waals surface area contributed by atoms with Crippen molar-refractivity contribution in [2.24, 2.45) is 17.3 Å². The summed E-state index contributed by atoms with van der Waals surface area (Å²) in [6.07, 6.45) is -0.137. The molecule has 1 saturated carbocycles. The van der Waals surface area contributed by atoms with E-state index in [0.29, 0.717) is 17.7 Å². The number of hydrogen-bond donors (Lipinski definition) is 2. The quantitative estimate of drug-likeness (QED) is 0.529. The Kier molecular flexibility index (Phi) is 6.72. The highest BCUT2D eigenvalue weighted by molar-refractivity contribution is 5.89. The Labute approximate surface area is 189 Å². The smallest absolute Gasteiger partial charge is 0.338 e. The van der Waals surface area contributed by atoms with Crippen molar-refractivity contribution in [3.63, 3.8) is 0 Å². The second-order valence-electron chi connectivity index (χ2n) is 9.63. The van der Waals surface area contributed by atoms with E-state index in [0.717, 1.165) is 5.57 Å². The molecule has 32 heavy (non-hydrogen) atoms. The number of carbonyl (C=O) groups excluding carboxylic acids is 2. The van der Waals surface area contributed by atoms with Gasteiger partial charge >= 0.3 is 11.9 Å². The van der Waals surface area contributed by atoms with Crippen LogP contribution in [0.3, 0.4) is 0 Å². The number of aliphatic hydroxyl groups is 2. The van der Waals surface area contributed by atoms with Crippen LogP contribution in [-0.4, -0.2) is 53.2 Å². The molecule has 0 bridgehead atoms. The van der Waals surface area contributed by atoms with Crippen LogP contribution in [0.25, 0.3) is 0 Å². The second kappa shape index (κ2) is 8.87. The van der Waals surface area contributed by atoms with Crippen molar-refractivity contribution in [1.82, 2.24) is 0 Å². The third kappa shape index (κ3) is 4.16. The van der Waals surface area contributed by atoms with Crippen LogP contribution >= 0.6 is 0 Å². The molecule has 2 aliphatic carbocycles. The van der Waals surface area contributed by atoms with Gasteiger partial charge in [0.1, 0.15) is 18.0 Å². The molecular formula is C25H34O7. The summed E-state index contributed by atoms with van der Waals surface area (Å²) >= 11 is 0. The van der Waals surface area contributed by atoms with Gasteiger partial charge in [0.05, 0.1) is 24.4 Å². The Morgan fingerprint density at radius 3 is 2.31 bits per heavy atom. The number of aliphatic hydroxyl groups excluding tert-OH is 1. The van der Waals surface area contributed by atoms with Crippen LogP contribution in [0.15, 0.2) is 35.9 Å². The van der Waals surface area contributed by atoms with Crippen LogP contribution < -0.4 is 4.74 Å². The van der Waals surface area contributed by atoms with E-state index in [9.17, 15) is 19.8 Å². The first kappa shape index (κ1) is 24.3. The number of esters is 2. The molecule has 6 atom stereocenters. The van der Waals surface area contributed by atoms with Crippen LogP contribution in [0, 0.1) is 17.3 Å². The predicted molar refractivity (Wildman–Crippen MR) is 118 cm³/mol. The van der Waals surface area contributed by atoms with Crippen molar-refractivity contribution in [2.75, 3.05) is 7.11 Å². The molecule has 1 aromatic rings. The summed E-state index contributed by atoms with van der Waals surface area (Å²) < 4.78 is 16.8. The van der Waals surface area contributed by atoms with Gasteiger partial charge in [0.25, 0.3) is 0 Å². The zero-order valence-corrected chi connectivity index (χ0v) is 19.6. The molecule has 176 valence electrons. The highest BCUT2D eigenvalue weighted by Crippen LogP contribution is 2.58. The minimum Gasteiger partial charge on any atom is -0.497 e. The first-order valence-corrected chi connectivity index (χ1v) is 11.0. The lowest BCUT2D eigenvalue weighted by atomic mass is 9.66. The number of methoxy groups -OCH3 is 1. The Morgan fingerprint density at radius 2 is 1.78 bits per heavy atom. The third-order valence-electron chi connectivity index (χ3n) is 7.27. The molecule has 0 heterocycles. The Morgan fingerprint density at radius 1 is 1.16 bits per heavy atom. The van der Waals surface area contributed by atoms with E-state index in [1.165, 1.54) is 6.92 Å². The molecule has 0 unspecified atom stereocenters. The summed E-state index contributed by atoms with van der Waals surface area (Å²) in [7, 11) is 1.55. The summed E-state index contributed by atoms with van der Waals surface area (Å²) in [4.78, 5) is 24.9. The third-order valence-corrected chi connectivity index (χ3v) is 7.27. The van der Waals surface area contributed by atoms with Crippen LogP contribution in [0.5, 0.6) is 5.75 Å². The second-order valence-corrected chi connectivity index (χ2v) is 9.63. The van der Waals surface area contributed by atoms with Crippen molar-refractivity contribution < 1.29 is 34.0 Å². The Hall–Kier alpha value is -2.38. The highest BCUT2D eigenvalue weighted by Gasteiger charge is 2.67. The monoisotopic (exact) mass is 446 g/mol. The maximum atomic E-state index is 13.0. The van der Waals surface area contributed by atoms with E-state index in [4.69, 9.17) is 14.2 Å². The minimum atomic E-state index is -1.31. The molecule has 1 aromatic carbocycles. The van der Waals surface area contributed by atoms with Crippen LogP contribution in [-0.2, 0) is 14.3 Å². The number of carbonyl (C=O) groups is 2. The van der Waals surface area contributed by atoms with E-state index in [2.05, 4.69) is 0 Å². The maximum absolute atomic E-state index is 13.0. The van der Waals surface area contributed by atoms with Crippen molar-refractivity contribution in [3.8, 4) is 5.75 Å². The van der Waals surface area contributed by atoms with Gasteiger partial charge in [-0.15, -0.1) is 0 Å². The van der Waals surface area contributed by atoms with Crippen molar-refractivity contribution >= 4 is 11.9 Å². The van der Waals surface area contributed by atoms with Crippen molar-refractivity contribution in [2.45, 2.75) is 71.4 Å². The molecule has 0 aliphatic heterocycles. The normalized spacial score (nSPS) is 34.3. The summed E-state index contributed by atoms with van der Waals surface area (Å²) in [5.41, 5.74) is -1.12. The van der Waals surface area contributed by atoms with E-state index < -0.39 is 47.2 Å². The van der Waals surface area contributed by atoms with Crippen molar-refractivity contribution in [1.29, 1.82) is 0 Å². The lowest BCUT2D eigenvalue weighted by Crippen LogP contribution is -2.54. The van der Waals surface area contributed by atoms with Gasteiger partial charge in [0.15, 0.2) is 0 Å². The average Bonchev–Trinajstić information content (AvgIpc) is 2.86. The molecule has 0 radical (unpaired) electrons. The molecule has 3 rings (SSSR count). The van der Waals surface area contributed by atoms with Crippen LogP contribution in [0.4, 0.5) is 0 Å². The molecule has 0 amide bonds. The van der Waals surface area contributed by atoms with Crippen LogP contribution in [0.2, 0.25) is 0 Å². The molecule has 2 aliphatic rings. The Bertz CT molecular complexity index is 890. The predicted octanol–water partition coefficient (Wildman–Crippen LogP) is 3.28. The van der Waals surface area contributed by atoms with Gasteiger partial charge in [-0.1, -0.05) is 26.3 Å². The van der Waals surface area contributed by atoms with E-state index in [1.807, 2.05) is 26.8 Å². The first-order valence-electron chi connectivity index (χ1n) is 11.0. The van der Waals surface area contributed by atoms with E-state index in [1.54, 1.807) is 38.3 Å². The van der Waals surface area contributed by atoms with Gasteiger partial charge in [0, 0.05) is 31.1 Å². The van der Waals surface area contributed by atoms with Crippen LogP contribution in [0.1, 0.15) is 57.8 Å². The average molecular weight is 447 g/mol. The molecule has 0 saturated heterocycles. The summed E-state index contributed by atoms with van der Waals surface area (Å²) in [5.74, 6) is -1.24. The van der Waals surface area contributed by atoms with Gasteiger partial charge in [-0.25, -0.2) is 4.79 Å². The molecule has 7 nitrogen and oxygen atoms in total. The van der Waals surface area contributed by atoms with Gasteiger partial charge in [0.2, 0.25) is 0 Å². The number of hydrogen-bond acceptors (Lipinski definition) is 7. The molecule has 7 heteroatoms. The maximum Gasteiger partial charge on any atom is 0.338 e. The highest BCUT2D eigenvalue weighted by atomic mass is 16.6. The van der Waals surface area contributed by atoms with Gasteiger partial charge < -0.3 is 24.4 Å².